The Morgan fingerprint density at radius 1 is 1.42 bits per heavy atom. The van der Waals surface area contributed by atoms with E-state index in [4.69, 9.17) is 11.1 Å². The van der Waals surface area contributed by atoms with Crippen LogP contribution in [0.15, 0.2) is 18.2 Å². The second-order valence-electron chi connectivity index (χ2n) is 5.50. The van der Waals surface area contributed by atoms with E-state index in [1.165, 1.54) is 5.56 Å². The van der Waals surface area contributed by atoms with E-state index in [9.17, 15) is 5.11 Å². The van der Waals surface area contributed by atoms with Gasteiger partial charge in [0, 0.05) is 24.3 Å². The first-order chi connectivity index (χ1) is 8.99. The summed E-state index contributed by atoms with van der Waals surface area (Å²) in [7, 11) is 0. The van der Waals surface area contributed by atoms with Crippen molar-refractivity contribution in [3.63, 3.8) is 0 Å². The number of anilines is 1. The zero-order valence-corrected chi connectivity index (χ0v) is 11.7. The van der Waals surface area contributed by atoms with Crippen LogP contribution in [0.4, 0.5) is 5.69 Å². The van der Waals surface area contributed by atoms with Crippen molar-refractivity contribution in [3.05, 3.63) is 29.3 Å². The number of aliphatic hydroxyl groups excluding tert-OH is 1. The van der Waals surface area contributed by atoms with Gasteiger partial charge in [0.15, 0.2) is 0 Å². The van der Waals surface area contributed by atoms with Gasteiger partial charge in [0.1, 0.15) is 5.84 Å². The Morgan fingerprint density at radius 3 is 2.58 bits per heavy atom. The molecule has 1 fully saturated rings. The lowest BCUT2D eigenvalue weighted by molar-refractivity contribution is 0.110. The highest BCUT2D eigenvalue weighted by atomic mass is 16.3. The van der Waals surface area contributed by atoms with E-state index in [2.05, 4.69) is 17.9 Å². The summed E-state index contributed by atoms with van der Waals surface area (Å²) in [5, 5.41) is 17.3. The van der Waals surface area contributed by atoms with E-state index >= 15 is 0 Å². The lowest BCUT2D eigenvalue weighted by Gasteiger charge is -2.35. The van der Waals surface area contributed by atoms with E-state index in [1.807, 2.05) is 19.1 Å². The van der Waals surface area contributed by atoms with Gasteiger partial charge in [-0.1, -0.05) is 6.07 Å². The fourth-order valence-electron chi connectivity index (χ4n) is 2.75. The lowest BCUT2D eigenvalue weighted by atomic mass is 9.91. The number of benzene rings is 1. The van der Waals surface area contributed by atoms with Crippen LogP contribution in [0.2, 0.25) is 0 Å². The summed E-state index contributed by atoms with van der Waals surface area (Å²) in [6.07, 6.45) is 1.75. The van der Waals surface area contributed by atoms with Gasteiger partial charge in [0.25, 0.3) is 0 Å². The maximum absolute atomic E-state index is 9.65. The van der Waals surface area contributed by atoms with Crippen molar-refractivity contribution < 1.29 is 5.11 Å². The highest BCUT2D eigenvalue weighted by molar-refractivity contribution is 6.00. The number of aryl methyl sites for hydroxylation is 1. The number of hydrogen-bond acceptors (Lipinski definition) is 3. The summed E-state index contributed by atoms with van der Waals surface area (Å²) in [6.45, 7) is 5.75. The Balaban J connectivity index is 2.19. The van der Waals surface area contributed by atoms with Crippen molar-refractivity contribution in [2.75, 3.05) is 18.0 Å². The first kappa shape index (κ1) is 13.9. The molecule has 0 aliphatic carbocycles. The monoisotopic (exact) mass is 261 g/mol. The van der Waals surface area contributed by atoms with Crippen LogP contribution in [0.5, 0.6) is 0 Å². The Bertz CT molecular complexity index is 462. The summed E-state index contributed by atoms with van der Waals surface area (Å²) in [6, 6.07) is 6.01. The van der Waals surface area contributed by atoms with Crippen LogP contribution in [-0.2, 0) is 0 Å². The number of nitrogens with zero attached hydrogens (tertiary/aromatic N) is 1. The smallest absolute Gasteiger partial charge is 0.124 e. The van der Waals surface area contributed by atoms with Gasteiger partial charge in [-0.25, -0.2) is 0 Å². The summed E-state index contributed by atoms with van der Waals surface area (Å²) >= 11 is 0. The van der Waals surface area contributed by atoms with Crippen LogP contribution >= 0.6 is 0 Å². The number of piperidine rings is 1. The normalized spacial score (nSPS) is 18.4. The van der Waals surface area contributed by atoms with Gasteiger partial charge in [-0.2, -0.15) is 0 Å². The average molecular weight is 261 g/mol. The second-order valence-corrected chi connectivity index (χ2v) is 5.50. The Kier molecular flexibility index (Phi) is 4.10. The molecule has 0 bridgehead atoms. The molecule has 0 radical (unpaired) electrons. The third-order valence-corrected chi connectivity index (χ3v) is 4.01. The van der Waals surface area contributed by atoms with E-state index < -0.39 is 0 Å². The summed E-state index contributed by atoms with van der Waals surface area (Å²) in [5.41, 5.74) is 8.70. The molecule has 1 aromatic carbocycles. The van der Waals surface area contributed by atoms with Gasteiger partial charge >= 0.3 is 0 Å². The zero-order valence-electron chi connectivity index (χ0n) is 11.7. The fourth-order valence-corrected chi connectivity index (χ4v) is 2.75. The van der Waals surface area contributed by atoms with Gasteiger partial charge in [0.2, 0.25) is 0 Å². The number of nitrogens with two attached hydrogens (primary N) is 1. The molecule has 4 nitrogen and oxygen atoms in total. The minimum Gasteiger partial charge on any atom is -0.393 e. The molecule has 1 aliphatic heterocycles. The van der Waals surface area contributed by atoms with Crippen LogP contribution in [0.1, 0.15) is 30.9 Å². The standard InChI is InChI=1S/C15H23N3O/c1-10-3-4-13(15(16)17)14(9-10)18-7-5-12(6-8-18)11(2)19/h3-4,9,11-12,19H,5-8H2,1-2H3,(H3,16,17). The number of rotatable bonds is 3. The van der Waals surface area contributed by atoms with Gasteiger partial charge in [-0.05, 0) is 50.3 Å². The number of aliphatic hydroxyl groups is 1. The highest BCUT2D eigenvalue weighted by Crippen LogP contribution is 2.28. The number of nitrogen functional groups attached to an aromatic ring is 1. The second kappa shape index (κ2) is 5.61. The minimum atomic E-state index is -0.230. The molecule has 104 valence electrons. The predicted octanol–water partition coefficient (Wildman–Crippen LogP) is 1.88. The van der Waals surface area contributed by atoms with Crippen molar-refractivity contribution in [1.29, 1.82) is 5.41 Å². The molecule has 1 unspecified atom stereocenters. The summed E-state index contributed by atoms with van der Waals surface area (Å²) in [5.74, 6) is 0.509. The maximum atomic E-state index is 9.65. The van der Waals surface area contributed by atoms with Crippen molar-refractivity contribution in [2.45, 2.75) is 32.8 Å². The predicted molar refractivity (Wildman–Crippen MR) is 78.8 cm³/mol. The van der Waals surface area contributed by atoms with Crippen molar-refractivity contribution >= 4 is 11.5 Å². The summed E-state index contributed by atoms with van der Waals surface area (Å²) in [4.78, 5) is 2.28. The first-order valence-corrected chi connectivity index (χ1v) is 6.87. The zero-order chi connectivity index (χ0) is 14.0. The van der Waals surface area contributed by atoms with Gasteiger partial charge in [-0.15, -0.1) is 0 Å². The molecular formula is C15H23N3O. The average Bonchev–Trinajstić information content (AvgIpc) is 2.38. The Hall–Kier alpha value is -1.55. The van der Waals surface area contributed by atoms with E-state index in [1.54, 1.807) is 0 Å². The Labute approximate surface area is 114 Å². The van der Waals surface area contributed by atoms with Crippen molar-refractivity contribution in [3.8, 4) is 0 Å². The third-order valence-electron chi connectivity index (χ3n) is 4.01. The molecule has 0 saturated carbocycles. The SMILES string of the molecule is Cc1ccc(C(=N)N)c(N2CCC(C(C)O)CC2)c1. The summed E-state index contributed by atoms with van der Waals surface area (Å²) < 4.78 is 0. The van der Waals surface area contributed by atoms with Crippen LogP contribution in [0.25, 0.3) is 0 Å². The Morgan fingerprint density at radius 2 is 2.05 bits per heavy atom. The molecule has 2 rings (SSSR count). The molecule has 0 aromatic heterocycles. The molecular weight excluding hydrogens is 238 g/mol. The quantitative estimate of drug-likeness (QED) is 0.574. The minimum absolute atomic E-state index is 0.118. The number of nitrogens with one attached hydrogen (secondary N) is 1. The molecule has 1 aromatic rings. The molecule has 1 saturated heterocycles. The van der Waals surface area contributed by atoms with E-state index in [0.717, 1.165) is 37.2 Å². The van der Waals surface area contributed by atoms with Gasteiger partial charge < -0.3 is 15.7 Å². The molecule has 0 spiro atoms. The largest absolute Gasteiger partial charge is 0.393 e. The van der Waals surface area contributed by atoms with Gasteiger partial charge in [-0.3, -0.25) is 5.41 Å². The topological polar surface area (TPSA) is 73.3 Å². The molecule has 19 heavy (non-hydrogen) atoms. The van der Waals surface area contributed by atoms with Crippen molar-refractivity contribution in [2.24, 2.45) is 11.7 Å². The molecule has 1 aliphatic rings. The molecule has 4 heteroatoms. The third kappa shape index (κ3) is 3.07. The first-order valence-electron chi connectivity index (χ1n) is 6.87. The molecule has 1 atom stereocenters. The number of amidine groups is 1. The van der Waals surface area contributed by atoms with Crippen LogP contribution < -0.4 is 10.6 Å². The lowest BCUT2D eigenvalue weighted by Crippen LogP contribution is -2.38. The molecule has 0 amide bonds. The number of hydrogen-bond donors (Lipinski definition) is 3. The van der Waals surface area contributed by atoms with E-state index in [-0.39, 0.29) is 11.9 Å². The van der Waals surface area contributed by atoms with Crippen molar-refractivity contribution in [1.82, 2.24) is 0 Å². The van der Waals surface area contributed by atoms with Crippen LogP contribution in [0.3, 0.4) is 0 Å². The van der Waals surface area contributed by atoms with Crippen LogP contribution in [-0.4, -0.2) is 30.1 Å². The maximum Gasteiger partial charge on any atom is 0.124 e. The fraction of sp³-hybridized carbons (Fsp3) is 0.533. The molecule has 1 heterocycles. The van der Waals surface area contributed by atoms with Gasteiger partial charge in [0.05, 0.1) is 6.10 Å². The molecule has 4 N–H and O–H groups in total. The van der Waals surface area contributed by atoms with E-state index in [0.29, 0.717) is 5.92 Å². The highest BCUT2D eigenvalue weighted by Gasteiger charge is 2.24. The van der Waals surface area contributed by atoms with Crippen LogP contribution in [0, 0.1) is 18.3 Å².